The van der Waals surface area contributed by atoms with E-state index < -0.39 is 0 Å². The number of amides is 1. The van der Waals surface area contributed by atoms with Crippen molar-refractivity contribution in [2.24, 2.45) is 0 Å². The van der Waals surface area contributed by atoms with Crippen LogP contribution in [-0.4, -0.2) is 21.0 Å². The van der Waals surface area contributed by atoms with Gasteiger partial charge in [-0.2, -0.15) is 0 Å². The van der Waals surface area contributed by atoms with Gasteiger partial charge in [0.2, 0.25) is 5.91 Å². The SMILES string of the molecule is CCCC(=O)NC(=S)Nc1ccccc1Sc1ncnc2scc(-c3ccccc3)c12. The first-order valence-corrected chi connectivity index (χ1v) is 11.9. The highest BCUT2D eigenvalue weighted by molar-refractivity contribution is 7.99. The highest BCUT2D eigenvalue weighted by Crippen LogP contribution is 2.41. The molecule has 0 radical (unpaired) electrons. The van der Waals surface area contributed by atoms with Crippen molar-refractivity contribution in [2.45, 2.75) is 29.7 Å². The smallest absolute Gasteiger partial charge is 0.226 e. The van der Waals surface area contributed by atoms with E-state index in [1.807, 2.05) is 49.4 Å². The molecule has 1 amide bonds. The predicted molar refractivity (Wildman–Crippen MR) is 133 cm³/mol. The van der Waals surface area contributed by atoms with Crippen LogP contribution in [0.5, 0.6) is 0 Å². The van der Waals surface area contributed by atoms with Crippen molar-refractivity contribution >= 4 is 62.2 Å². The van der Waals surface area contributed by atoms with Crippen LogP contribution in [-0.2, 0) is 4.79 Å². The third-order valence-corrected chi connectivity index (χ3v) is 6.66. The highest BCUT2D eigenvalue weighted by Gasteiger charge is 2.16. The molecule has 2 aromatic carbocycles. The van der Waals surface area contributed by atoms with Gasteiger partial charge in [-0.15, -0.1) is 11.3 Å². The van der Waals surface area contributed by atoms with Gasteiger partial charge in [-0.3, -0.25) is 4.79 Å². The molecule has 0 aliphatic heterocycles. The number of benzene rings is 2. The standard InChI is InChI=1S/C23H20N4OS3/c1-2-8-19(28)27-23(29)26-17-11-6-7-12-18(17)31-22-20-16(15-9-4-3-5-10-15)13-30-21(20)24-14-25-22/h3-7,9-14H,2,8H2,1H3,(H2,26,27,28,29). The van der Waals surface area contributed by atoms with E-state index in [0.29, 0.717) is 11.5 Å². The molecule has 8 heteroatoms. The minimum Gasteiger partial charge on any atom is -0.331 e. The fourth-order valence-electron chi connectivity index (χ4n) is 3.09. The van der Waals surface area contributed by atoms with Gasteiger partial charge in [0.15, 0.2) is 5.11 Å². The summed E-state index contributed by atoms with van der Waals surface area (Å²) in [6.45, 7) is 1.96. The third kappa shape index (κ3) is 5.10. The van der Waals surface area contributed by atoms with Crippen molar-refractivity contribution in [3.05, 3.63) is 66.3 Å². The van der Waals surface area contributed by atoms with E-state index in [0.717, 1.165) is 43.4 Å². The van der Waals surface area contributed by atoms with Crippen molar-refractivity contribution in [1.29, 1.82) is 0 Å². The molecule has 0 atom stereocenters. The molecule has 0 bridgehead atoms. The van der Waals surface area contributed by atoms with Crippen molar-refractivity contribution < 1.29 is 4.79 Å². The van der Waals surface area contributed by atoms with Crippen LogP contribution < -0.4 is 10.6 Å². The molecule has 0 saturated carbocycles. The number of carbonyl (C=O) groups excluding carboxylic acids is 1. The Hall–Kier alpha value is -2.81. The summed E-state index contributed by atoms with van der Waals surface area (Å²) in [6, 6.07) is 18.1. The fourth-order valence-corrected chi connectivity index (χ4v) is 5.28. The number of anilines is 1. The maximum absolute atomic E-state index is 11.8. The largest absolute Gasteiger partial charge is 0.331 e. The average Bonchev–Trinajstić information content (AvgIpc) is 3.21. The van der Waals surface area contributed by atoms with Gasteiger partial charge in [0.05, 0.1) is 11.1 Å². The van der Waals surface area contributed by atoms with Gasteiger partial charge in [0.1, 0.15) is 16.2 Å². The first-order chi connectivity index (χ1) is 15.2. The number of aromatic nitrogens is 2. The van der Waals surface area contributed by atoms with E-state index in [-0.39, 0.29) is 5.91 Å². The minimum absolute atomic E-state index is 0.0894. The Morgan fingerprint density at radius 2 is 1.87 bits per heavy atom. The molecule has 2 N–H and O–H groups in total. The summed E-state index contributed by atoms with van der Waals surface area (Å²) in [7, 11) is 0. The number of rotatable bonds is 6. The first-order valence-electron chi connectivity index (χ1n) is 9.81. The third-order valence-electron chi connectivity index (χ3n) is 4.49. The topological polar surface area (TPSA) is 66.9 Å². The normalized spacial score (nSPS) is 10.7. The zero-order valence-electron chi connectivity index (χ0n) is 16.8. The molecule has 0 unspecified atom stereocenters. The number of nitrogens with zero attached hydrogens (tertiary/aromatic N) is 2. The molecular formula is C23H20N4OS3. The average molecular weight is 465 g/mol. The van der Waals surface area contributed by atoms with Crippen LogP contribution in [0.4, 0.5) is 5.69 Å². The molecule has 0 spiro atoms. The first kappa shape index (κ1) is 21.4. The van der Waals surface area contributed by atoms with Gasteiger partial charge >= 0.3 is 0 Å². The van der Waals surface area contributed by atoms with Crippen LogP contribution in [0.2, 0.25) is 0 Å². The van der Waals surface area contributed by atoms with E-state index in [9.17, 15) is 4.79 Å². The van der Waals surface area contributed by atoms with E-state index in [2.05, 4.69) is 38.1 Å². The summed E-state index contributed by atoms with van der Waals surface area (Å²) >= 11 is 8.48. The lowest BCUT2D eigenvalue weighted by Gasteiger charge is -2.13. The molecule has 31 heavy (non-hydrogen) atoms. The number of para-hydroxylation sites is 1. The van der Waals surface area contributed by atoms with E-state index >= 15 is 0 Å². The van der Waals surface area contributed by atoms with Crippen molar-refractivity contribution in [3.63, 3.8) is 0 Å². The summed E-state index contributed by atoms with van der Waals surface area (Å²) in [5, 5.41) is 10.2. The van der Waals surface area contributed by atoms with Crippen LogP contribution in [0, 0.1) is 0 Å². The number of carbonyl (C=O) groups is 1. The Kier molecular flexibility index (Phi) is 6.91. The fraction of sp³-hybridized carbons (Fsp3) is 0.130. The predicted octanol–water partition coefficient (Wildman–Crippen LogP) is 6.12. The number of fused-ring (bicyclic) bond motifs is 1. The zero-order valence-corrected chi connectivity index (χ0v) is 19.2. The number of thiophene rings is 1. The molecule has 0 aliphatic rings. The number of hydrogen-bond acceptors (Lipinski definition) is 6. The van der Waals surface area contributed by atoms with Gasteiger partial charge in [0, 0.05) is 22.3 Å². The van der Waals surface area contributed by atoms with E-state index in [4.69, 9.17) is 12.2 Å². The second-order valence-corrected chi connectivity index (χ2v) is 9.02. The lowest BCUT2D eigenvalue weighted by atomic mass is 10.1. The molecule has 5 nitrogen and oxygen atoms in total. The summed E-state index contributed by atoms with van der Waals surface area (Å²) in [6.07, 6.45) is 2.81. The Balaban J connectivity index is 1.64. The molecule has 156 valence electrons. The van der Waals surface area contributed by atoms with Crippen LogP contribution in [0.3, 0.4) is 0 Å². The van der Waals surface area contributed by atoms with E-state index in [1.165, 1.54) is 0 Å². The van der Waals surface area contributed by atoms with Crippen LogP contribution >= 0.6 is 35.3 Å². The molecule has 4 rings (SSSR count). The van der Waals surface area contributed by atoms with Crippen LogP contribution in [0.1, 0.15) is 19.8 Å². The Morgan fingerprint density at radius 3 is 2.68 bits per heavy atom. The quantitative estimate of drug-likeness (QED) is 0.265. The minimum atomic E-state index is -0.0894. The number of thiocarbonyl (C=S) groups is 1. The summed E-state index contributed by atoms with van der Waals surface area (Å²) in [5.74, 6) is -0.0894. The molecule has 0 saturated heterocycles. The van der Waals surface area contributed by atoms with Gasteiger partial charge in [0.25, 0.3) is 0 Å². The number of nitrogens with one attached hydrogen (secondary N) is 2. The monoisotopic (exact) mass is 464 g/mol. The molecular weight excluding hydrogens is 444 g/mol. The second-order valence-electron chi connectivity index (χ2n) is 6.72. The molecule has 2 heterocycles. The molecule has 4 aromatic rings. The molecule has 0 fully saturated rings. The maximum Gasteiger partial charge on any atom is 0.226 e. The van der Waals surface area contributed by atoms with Crippen molar-refractivity contribution in [2.75, 3.05) is 5.32 Å². The van der Waals surface area contributed by atoms with Crippen molar-refractivity contribution in [3.8, 4) is 11.1 Å². The number of hydrogen-bond donors (Lipinski definition) is 2. The van der Waals surface area contributed by atoms with Crippen molar-refractivity contribution in [1.82, 2.24) is 15.3 Å². The summed E-state index contributed by atoms with van der Waals surface area (Å²) < 4.78 is 0. The summed E-state index contributed by atoms with van der Waals surface area (Å²) in [4.78, 5) is 22.8. The molecule has 0 aliphatic carbocycles. The zero-order chi connectivity index (χ0) is 21.6. The Labute approximate surface area is 194 Å². The molecule has 2 aromatic heterocycles. The Bertz CT molecular complexity index is 1220. The van der Waals surface area contributed by atoms with Gasteiger partial charge in [-0.05, 0) is 36.3 Å². The highest BCUT2D eigenvalue weighted by atomic mass is 32.2. The van der Waals surface area contributed by atoms with Gasteiger partial charge in [-0.25, -0.2) is 9.97 Å². The van der Waals surface area contributed by atoms with Crippen LogP contribution in [0.15, 0.2) is 76.2 Å². The van der Waals surface area contributed by atoms with Gasteiger partial charge < -0.3 is 10.6 Å². The second kappa shape index (κ2) is 10.00. The van der Waals surface area contributed by atoms with Gasteiger partial charge in [-0.1, -0.05) is 61.2 Å². The van der Waals surface area contributed by atoms with E-state index in [1.54, 1.807) is 29.4 Å². The maximum atomic E-state index is 11.8. The lowest BCUT2D eigenvalue weighted by Crippen LogP contribution is -2.33. The van der Waals surface area contributed by atoms with Crippen LogP contribution in [0.25, 0.3) is 21.3 Å². The Morgan fingerprint density at radius 1 is 1.10 bits per heavy atom. The lowest BCUT2D eigenvalue weighted by molar-refractivity contribution is -0.119. The summed E-state index contributed by atoms with van der Waals surface area (Å²) in [5.41, 5.74) is 3.07.